The van der Waals surface area contributed by atoms with E-state index in [2.05, 4.69) is 4.42 Å². The van der Waals surface area contributed by atoms with E-state index in [0.29, 0.717) is 0 Å². The van der Waals surface area contributed by atoms with Crippen LogP contribution in [0.5, 0.6) is 0 Å². The molecule has 0 aliphatic rings. The number of alkyl halides is 3. The Kier molecular flexibility index (Phi) is 3.04. The van der Waals surface area contributed by atoms with Gasteiger partial charge in [-0.15, -0.1) is 0 Å². The van der Waals surface area contributed by atoms with E-state index in [0.717, 1.165) is 12.3 Å². The third-order valence-corrected chi connectivity index (χ3v) is 1.77. The van der Waals surface area contributed by atoms with Crippen LogP contribution in [-0.4, -0.2) is 22.4 Å². The van der Waals surface area contributed by atoms with E-state index in [-0.39, 0.29) is 0 Å². The number of aliphatic hydroxyl groups excluding tert-OH is 1. The fourth-order valence-corrected chi connectivity index (χ4v) is 1.08. The molecule has 1 rings (SSSR count). The number of halogens is 3. The maximum Gasteiger partial charge on any atom is 0.405 e. The highest BCUT2D eigenvalue weighted by molar-refractivity contribution is 5.71. The Bertz CT molecular complexity index is 330. The molecule has 0 bridgehead atoms. The molecule has 2 atom stereocenters. The number of aliphatic carboxylic acids is 1. The zero-order valence-electron chi connectivity index (χ0n) is 7.23. The lowest BCUT2D eigenvalue weighted by Crippen LogP contribution is -2.35. The molecule has 84 valence electrons. The third kappa shape index (κ3) is 2.50. The lowest BCUT2D eigenvalue weighted by molar-refractivity contribution is -0.214. The summed E-state index contributed by atoms with van der Waals surface area (Å²) < 4.78 is 41.2. The number of hydrogen-bond donors (Lipinski definition) is 2. The second kappa shape index (κ2) is 3.93. The molecule has 2 N–H and O–H groups in total. The van der Waals surface area contributed by atoms with Gasteiger partial charge in [0.1, 0.15) is 11.9 Å². The first-order valence-electron chi connectivity index (χ1n) is 3.85. The van der Waals surface area contributed by atoms with E-state index in [9.17, 15) is 23.1 Å². The van der Waals surface area contributed by atoms with Crippen LogP contribution in [0.15, 0.2) is 22.8 Å². The van der Waals surface area contributed by atoms with Gasteiger partial charge in [-0.1, -0.05) is 0 Å². The highest BCUT2D eigenvalue weighted by Crippen LogP contribution is 2.36. The molecule has 0 aliphatic carbocycles. The fraction of sp³-hybridized carbons (Fsp3) is 0.375. The molecule has 7 heteroatoms. The SMILES string of the molecule is O=C(O)[C@H]([C@@H](O)c1ccco1)C(F)(F)F. The number of hydrogen-bond acceptors (Lipinski definition) is 3. The predicted molar refractivity (Wildman–Crippen MR) is 40.8 cm³/mol. The molecule has 0 saturated heterocycles. The first-order chi connectivity index (χ1) is 6.84. The highest BCUT2D eigenvalue weighted by atomic mass is 19.4. The van der Waals surface area contributed by atoms with Gasteiger partial charge in [-0.25, -0.2) is 0 Å². The molecule has 15 heavy (non-hydrogen) atoms. The van der Waals surface area contributed by atoms with Crippen molar-refractivity contribution >= 4 is 5.97 Å². The van der Waals surface area contributed by atoms with Gasteiger partial charge >= 0.3 is 12.1 Å². The highest BCUT2D eigenvalue weighted by Gasteiger charge is 2.51. The molecule has 1 heterocycles. The van der Waals surface area contributed by atoms with Gasteiger partial charge < -0.3 is 14.6 Å². The summed E-state index contributed by atoms with van der Waals surface area (Å²) in [6.45, 7) is 0. The predicted octanol–water partition coefficient (Wildman–Crippen LogP) is 1.58. The topological polar surface area (TPSA) is 70.7 Å². The normalized spacial score (nSPS) is 16.0. The Morgan fingerprint density at radius 3 is 2.40 bits per heavy atom. The van der Waals surface area contributed by atoms with Crippen molar-refractivity contribution in [3.8, 4) is 0 Å². The largest absolute Gasteiger partial charge is 0.481 e. The molecule has 0 aliphatic heterocycles. The molecule has 1 aromatic rings. The van der Waals surface area contributed by atoms with E-state index < -0.39 is 29.9 Å². The van der Waals surface area contributed by atoms with E-state index in [1.165, 1.54) is 6.07 Å². The number of rotatable bonds is 3. The molecule has 0 aromatic carbocycles. The number of carboxylic acids is 1. The van der Waals surface area contributed by atoms with Gasteiger partial charge in [0.2, 0.25) is 0 Å². The molecule has 0 spiro atoms. The Morgan fingerprint density at radius 1 is 1.47 bits per heavy atom. The summed E-state index contributed by atoms with van der Waals surface area (Å²) in [5, 5.41) is 17.5. The molecule has 0 unspecified atom stereocenters. The van der Waals surface area contributed by atoms with Crippen LogP contribution in [0.4, 0.5) is 13.2 Å². The zero-order chi connectivity index (χ0) is 11.6. The minimum Gasteiger partial charge on any atom is -0.481 e. The van der Waals surface area contributed by atoms with Crippen LogP contribution in [0, 0.1) is 5.92 Å². The van der Waals surface area contributed by atoms with Gasteiger partial charge in [0.25, 0.3) is 0 Å². The number of carbonyl (C=O) groups is 1. The smallest absolute Gasteiger partial charge is 0.405 e. The maximum atomic E-state index is 12.2. The van der Waals surface area contributed by atoms with E-state index in [1.54, 1.807) is 0 Å². The molecular formula is C8H7F3O4. The van der Waals surface area contributed by atoms with Gasteiger partial charge in [0, 0.05) is 0 Å². The van der Waals surface area contributed by atoms with Crippen molar-refractivity contribution in [2.75, 3.05) is 0 Å². The number of carboxylic acid groups (broad SMARTS) is 1. The van der Waals surface area contributed by atoms with Crippen molar-refractivity contribution in [2.45, 2.75) is 12.3 Å². The first kappa shape index (κ1) is 11.6. The van der Waals surface area contributed by atoms with Gasteiger partial charge in [-0.05, 0) is 12.1 Å². The van der Waals surface area contributed by atoms with Crippen LogP contribution in [0.25, 0.3) is 0 Å². The second-order valence-corrected chi connectivity index (χ2v) is 2.82. The number of aliphatic hydroxyl groups is 1. The third-order valence-electron chi connectivity index (χ3n) is 1.77. The average Bonchev–Trinajstić information content (AvgIpc) is 2.51. The van der Waals surface area contributed by atoms with E-state index in [1.807, 2.05) is 0 Å². The van der Waals surface area contributed by atoms with Crippen molar-refractivity contribution in [3.63, 3.8) is 0 Å². The summed E-state index contributed by atoms with van der Waals surface area (Å²) >= 11 is 0. The van der Waals surface area contributed by atoms with E-state index in [4.69, 9.17) is 5.11 Å². The molecule has 0 radical (unpaired) electrons. The standard InChI is InChI=1S/C8H7F3O4/c9-8(10,11)5(7(13)14)6(12)4-2-1-3-15-4/h1-3,5-6,12H,(H,13,14)/t5-,6-/m0/s1. The van der Waals surface area contributed by atoms with E-state index >= 15 is 0 Å². The zero-order valence-corrected chi connectivity index (χ0v) is 7.23. The Labute approximate surface area is 81.9 Å². The lowest BCUT2D eigenvalue weighted by Gasteiger charge is -2.19. The molecule has 4 nitrogen and oxygen atoms in total. The van der Waals surface area contributed by atoms with Gasteiger partial charge in [0.15, 0.2) is 5.92 Å². The van der Waals surface area contributed by atoms with Gasteiger partial charge in [0.05, 0.1) is 6.26 Å². The Balaban J connectivity index is 2.96. The summed E-state index contributed by atoms with van der Waals surface area (Å²) in [7, 11) is 0. The van der Waals surface area contributed by atoms with Crippen molar-refractivity contribution in [1.29, 1.82) is 0 Å². The molecule has 0 amide bonds. The minimum absolute atomic E-state index is 0.431. The van der Waals surface area contributed by atoms with Crippen LogP contribution < -0.4 is 0 Å². The minimum atomic E-state index is -5.03. The maximum absolute atomic E-state index is 12.2. The van der Waals surface area contributed by atoms with Gasteiger partial charge in [-0.3, -0.25) is 4.79 Å². The average molecular weight is 224 g/mol. The fourth-order valence-electron chi connectivity index (χ4n) is 1.08. The summed E-state index contributed by atoms with van der Waals surface area (Å²) in [5.41, 5.74) is 0. The monoisotopic (exact) mass is 224 g/mol. The molecule has 0 saturated carbocycles. The number of furan rings is 1. The van der Waals surface area contributed by atoms with Gasteiger partial charge in [-0.2, -0.15) is 13.2 Å². The van der Waals surface area contributed by atoms with Crippen molar-refractivity contribution < 1.29 is 32.6 Å². The van der Waals surface area contributed by atoms with Crippen LogP contribution in [0.2, 0.25) is 0 Å². The Hall–Kier alpha value is -1.50. The molecule has 1 aromatic heterocycles. The quantitative estimate of drug-likeness (QED) is 0.817. The van der Waals surface area contributed by atoms with Crippen molar-refractivity contribution in [3.05, 3.63) is 24.2 Å². The summed E-state index contributed by atoms with van der Waals surface area (Å²) in [5.74, 6) is -5.46. The lowest BCUT2D eigenvalue weighted by atomic mass is 10.0. The Morgan fingerprint density at radius 2 is 2.07 bits per heavy atom. The van der Waals surface area contributed by atoms with Crippen LogP contribution >= 0.6 is 0 Å². The second-order valence-electron chi connectivity index (χ2n) is 2.82. The van der Waals surface area contributed by atoms with Crippen molar-refractivity contribution in [2.24, 2.45) is 5.92 Å². The summed E-state index contributed by atoms with van der Waals surface area (Å²) in [4.78, 5) is 10.4. The van der Waals surface area contributed by atoms with Crippen LogP contribution in [-0.2, 0) is 4.79 Å². The summed E-state index contributed by atoms with van der Waals surface area (Å²) in [6, 6.07) is 2.33. The van der Waals surface area contributed by atoms with Crippen molar-refractivity contribution in [1.82, 2.24) is 0 Å². The van der Waals surface area contributed by atoms with Crippen LogP contribution in [0.1, 0.15) is 11.9 Å². The van der Waals surface area contributed by atoms with Crippen LogP contribution in [0.3, 0.4) is 0 Å². The molecular weight excluding hydrogens is 217 g/mol. The molecule has 0 fully saturated rings. The summed E-state index contributed by atoms with van der Waals surface area (Å²) in [6.07, 6.45) is -6.22. The first-order valence-corrected chi connectivity index (χ1v) is 3.85.